The number of anilines is 1. The van der Waals surface area contributed by atoms with Crippen LogP contribution in [0.1, 0.15) is 47.2 Å². The number of morpholine rings is 1. The molecule has 1 fully saturated rings. The first-order chi connectivity index (χ1) is 18.3. The summed E-state index contributed by atoms with van der Waals surface area (Å²) in [5.74, 6) is -1.67. The van der Waals surface area contributed by atoms with Crippen molar-refractivity contribution in [2.45, 2.75) is 38.1 Å². The van der Waals surface area contributed by atoms with Gasteiger partial charge in [-0.1, -0.05) is 17.7 Å². The highest BCUT2D eigenvalue weighted by molar-refractivity contribution is 7.89. The number of carboxylic acids is 1. The van der Waals surface area contributed by atoms with Crippen LogP contribution >= 0.6 is 11.6 Å². The Bertz CT molecular complexity index is 1520. The molecule has 3 aromatic rings. The van der Waals surface area contributed by atoms with Crippen molar-refractivity contribution in [3.63, 3.8) is 0 Å². The number of benzene rings is 2. The number of nitrogens with zero attached hydrogens (tertiary/aromatic N) is 3. The van der Waals surface area contributed by atoms with E-state index in [4.69, 9.17) is 21.1 Å². The molecule has 1 aromatic heterocycles. The van der Waals surface area contributed by atoms with E-state index in [0.717, 1.165) is 0 Å². The van der Waals surface area contributed by atoms with E-state index in [2.05, 4.69) is 10.4 Å². The quantitative estimate of drug-likeness (QED) is 0.423. The summed E-state index contributed by atoms with van der Waals surface area (Å²) < 4.78 is 41.7. The van der Waals surface area contributed by atoms with Gasteiger partial charge >= 0.3 is 5.97 Å². The van der Waals surface area contributed by atoms with Gasteiger partial charge in [-0.15, -0.1) is 0 Å². The summed E-state index contributed by atoms with van der Waals surface area (Å²) in [6.07, 6.45) is 0. The van der Waals surface area contributed by atoms with Crippen LogP contribution in [-0.4, -0.2) is 65.8 Å². The number of aromatic carboxylic acids is 1. The maximum absolute atomic E-state index is 13.8. The predicted molar refractivity (Wildman–Crippen MR) is 144 cm³/mol. The van der Waals surface area contributed by atoms with Gasteiger partial charge in [-0.25, -0.2) is 17.9 Å². The molecule has 4 rings (SSSR count). The van der Waals surface area contributed by atoms with Crippen molar-refractivity contribution in [1.82, 2.24) is 14.1 Å². The molecule has 208 valence electrons. The Morgan fingerprint density at radius 3 is 2.44 bits per heavy atom. The van der Waals surface area contributed by atoms with Crippen LogP contribution < -0.4 is 10.1 Å². The van der Waals surface area contributed by atoms with Gasteiger partial charge in [0.1, 0.15) is 10.6 Å². The number of nitrogens with one attached hydrogen (secondary N) is 1. The van der Waals surface area contributed by atoms with Crippen LogP contribution in [0, 0.1) is 6.92 Å². The number of aromatic nitrogens is 2. The lowest BCUT2D eigenvalue weighted by atomic mass is 10.1. The summed E-state index contributed by atoms with van der Waals surface area (Å²) in [6, 6.07) is 10.6. The van der Waals surface area contributed by atoms with Gasteiger partial charge in [-0.3, -0.25) is 4.79 Å². The average molecular weight is 577 g/mol. The van der Waals surface area contributed by atoms with Crippen molar-refractivity contribution < 1.29 is 32.6 Å². The van der Waals surface area contributed by atoms with E-state index in [-0.39, 0.29) is 59.8 Å². The van der Waals surface area contributed by atoms with Gasteiger partial charge in [0.25, 0.3) is 5.91 Å². The van der Waals surface area contributed by atoms with E-state index in [9.17, 15) is 23.1 Å². The molecule has 1 aliphatic rings. The smallest absolute Gasteiger partial charge is 0.356 e. The number of halogens is 1. The maximum atomic E-state index is 13.8. The largest absolute Gasteiger partial charge is 0.476 e. The standard InChI is InChI=1S/C26H29ClN4O7S/c1-16-22(25(33)34)29-31(26(2,3)4)24(16)38-20-9-8-19(28-23(32)17-6-5-7-18(27)14-17)15-21(20)39(35,36)30-10-12-37-13-11-30/h5-9,14-15H,10-13H2,1-4H3,(H,28,32)(H,33,34). The lowest BCUT2D eigenvalue weighted by Crippen LogP contribution is -2.40. The Morgan fingerprint density at radius 1 is 1.13 bits per heavy atom. The Balaban J connectivity index is 1.80. The molecule has 11 nitrogen and oxygen atoms in total. The number of rotatable bonds is 7. The van der Waals surface area contributed by atoms with E-state index in [1.54, 1.807) is 25.1 Å². The van der Waals surface area contributed by atoms with Gasteiger partial charge in [-0.2, -0.15) is 9.40 Å². The second-order valence-corrected chi connectivity index (χ2v) is 12.3. The van der Waals surface area contributed by atoms with Crippen molar-refractivity contribution in [3.8, 4) is 11.6 Å². The van der Waals surface area contributed by atoms with Crippen LogP contribution in [0.15, 0.2) is 47.4 Å². The molecule has 1 aliphatic heterocycles. The highest BCUT2D eigenvalue weighted by Gasteiger charge is 2.33. The van der Waals surface area contributed by atoms with Crippen LogP contribution in [0.5, 0.6) is 11.6 Å². The second kappa shape index (κ2) is 11.0. The Labute approximate surface area is 231 Å². The Kier molecular flexibility index (Phi) is 8.03. The van der Waals surface area contributed by atoms with Crippen LogP contribution in [0.2, 0.25) is 5.02 Å². The summed E-state index contributed by atoms with van der Waals surface area (Å²) in [5.41, 5.74) is -0.131. The molecule has 0 saturated carbocycles. The number of amides is 1. The zero-order chi connectivity index (χ0) is 28.5. The minimum atomic E-state index is -4.10. The fourth-order valence-corrected chi connectivity index (χ4v) is 5.73. The zero-order valence-electron chi connectivity index (χ0n) is 21.9. The first-order valence-electron chi connectivity index (χ1n) is 12.1. The molecule has 2 heterocycles. The molecule has 13 heteroatoms. The van der Waals surface area contributed by atoms with Gasteiger partial charge in [0, 0.05) is 34.9 Å². The van der Waals surface area contributed by atoms with E-state index >= 15 is 0 Å². The summed E-state index contributed by atoms with van der Waals surface area (Å²) in [5, 5.41) is 16.9. The number of sulfonamides is 1. The average Bonchev–Trinajstić information content (AvgIpc) is 3.22. The highest BCUT2D eigenvalue weighted by atomic mass is 35.5. The molecule has 0 bridgehead atoms. The molecule has 0 unspecified atom stereocenters. The summed E-state index contributed by atoms with van der Waals surface area (Å²) in [6.45, 7) is 7.75. The monoisotopic (exact) mass is 576 g/mol. The van der Waals surface area contributed by atoms with Gasteiger partial charge in [0.05, 0.1) is 18.8 Å². The second-order valence-electron chi connectivity index (χ2n) is 9.91. The molecule has 0 radical (unpaired) electrons. The highest BCUT2D eigenvalue weighted by Crippen LogP contribution is 2.37. The minimum Gasteiger partial charge on any atom is -0.476 e. The van der Waals surface area contributed by atoms with Crippen LogP contribution in [0.3, 0.4) is 0 Å². The van der Waals surface area contributed by atoms with Gasteiger partial charge in [-0.05, 0) is 64.1 Å². The molecular weight excluding hydrogens is 548 g/mol. The fraction of sp³-hybridized carbons (Fsp3) is 0.346. The third kappa shape index (κ3) is 6.09. The molecule has 2 N–H and O–H groups in total. The van der Waals surface area contributed by atoms with Crippen LogP contribution in [0.4, 0.5) is 5.69 Å². The van der Waals surface area contributed by atoms with Gasteiger partial charge in [0.15, 0.2) is 5.69 Å². The number of carbonyl (C=O) groups excluding carboxylic acids is 1. The van der Waals surface area contributed by atoms with E-state index in [1.165, 1.54) is 33.3 Å². The number of ether oxygens (including phenoxy) is 2. The fourth-order valence-electron chi connectivity index (χ4n) is 3.99. The SMILES string of the molecule is Cc1c(C(=O)O)nn(C(C)(C)C)c1Oc1ccc(NC(=O)c2cccc(Cl)c2)cc1S(=O)(=O)N1CCOCC1. The first-order valence-corrected chi connectivity index (χ1v) is 13.9. The molecule has 1 amide bonds. The van der Waals surface area contributed by atoms with Crippen LogP contribution in [0.25, 0.3) is 0 Å². The molecular formula is C26H29ClN4O7S. The van der Waals surface area contributed by atoms with Crippen molar-refractivity contribution >= 4 is 39.2 Å². The van der Waals surface area contributed by atoms with Crippen molar-refractivity contribution in [3.05, 3.63) is 64.3 Å². The van der Waals surface area contributed by atoms with Crippen molar-refractivity contribution in [2.75, 3.05) is 31.6 Å². The predicted octanol–water partition coefficient (Wildman–Crippen LogP) is 4.36. The van der Waals surface area contributed by atoms with E-state index in [1.807, 2.05) is 20.8 Å². The summed E-state index contributed by atoms with van der Waals surface area (Å²) in [7, 11) is -4.10. The molecule has 1 saturated heterocycles. The van der Waals surface area contributed by atoms with Crippen molar-refractivity contribution in [1.29, 1.82) is 0 Å². The van der Waals surface area contributed by atoms with Gasteiger partial charge in [0.2, 0.25) is 15.9 Å². The first kappa shape index (κ1) is 28.6. The number of carbonyl (C=O) groups is 2. The topological polar surface area (TPSA) is 140 Å². The van der Waals surface area contributed by atoms with E-state index < -0.39 is 27.4 Å². The Morgan fingerprint density at radius 2 is 1.82 bits per heavy atom. The third-order valence-corrected chi connectivity index (χ3v) is 8.14. The maximum Gasteiger partial charge on any atom is 0.356 e. The van der Waals surface area contributed by atoms with Gasteiger partial charge < -0.3 is 19.9 Å². The third-order valence-electron chi connectivity index (χ3n) is 5.99. The van der Waals surface area contributed by atoms with E-state index in [0.29, 0.717) is 10.6 Å². The molecule has 0 spiro atoms. The molecule has 39 heavy (non-hydrogen) atoms. The number of carboxylic acid groups (broad SMARTS) is 1. The minimum absolute atomic E-state index is 0.0484. The Hall–Kier alpha value is -3.45. The number of hydrogen-bond acceptors (Lipinski definition) is 7. The summed E-state index contributed by atoms with van der Waals surface area (Å²) in [4.78, 5) is 24.4. The molecule has 2 aromatic carbocycles. The number of hydrogen-bond donors (Lipinski definition) is 2. The lowest BCUT2D eigenvalue weighted by Gasteiger charge is -2.27. The summed E-state index contributed by atoms with van der Waals surface area (Å²) >= 11 is 6.00. The lowest BCUT2D eigenvalue weighted by molar-refractivity contribution is 0.0687. The zero-order valence-corrected chi connectivity index (χ0v) is 23.5. The molecule has 0 atom stereocenters. The van der Waals surface area contributed by atoms with Crippen LogP contribution in [-0.2, 0) is 20.3 Å². The normalized spacial score (nSPS) is 14.7. The van der Waals surface area contributed by atoms with Crippen molar-refractivity contribution in [2.24, 2.45) is 0 Å². The molecule has 0 aliphatic carbocycles.